The van der Waals surface area contributed by atoms with E-state index in [1.165, 1.54) is 29.7 Å². The fraction of sp³-hybridized carbons (Fsp3) is 0.346. The van der Waals surface area contributed by atoms with Gasteiger partial charge < -0.3 is 19.5 Å². The number of hydrogen-bond acceptors (Lipinski definition) is 5. The van der Waals surface area contributed by atoms with E-state index in [1.807, 2.05) is 47.8 Å². The van der Waals surface area contributed by atoms with Gasteiger partial charge in [0.15, 0.2) is 0 Å². The molecular formula is C26H27NO4S. The van der Waals surface area contributed by atoms with Crippen molar-refractivity contribution in [3.63, 3.8) is 0 Å². The molecule has 2 heterocycles. The zero-order chi connectivity index (χ0) is 22.1. The minimum Gasteiger partial charge on any atom is -0.496 e. The van der Waals surface area contributed by atoms with Crippen LogP contribution < -0.4 is 14.8 Å². The number of anilines is 1. The summed E-state index contributed by atoms with van der Waals surface area (Å²) in [6.07, 6.45) is 4.35. The number of methoxy groups -OCH3 is 2. The van der Waals surface area contributed by atoms with Crippen molar-refractivity contribution in [3.8, 4) is 11.5 Å². The van der Waals surface area contributed by atoms with Crippen LogP contribution in [0.2, 0.25) is 0 Å². The SMILES string of the molecule is COc1ccc(OC)c2c1[C@@H](c1cccc(NC(=O)c3cccs3)c1)O[C@H]1CCCC[C@@H]21. The van der Waals surface area contributed by atoms with Crippen molar-refractivity contribution in [2.45, 2.75) is 43.8 Å². The number of carbonyl (C=O) groups is 1. The number of carbonyl (C=O) groups excluding carboxylic acids is 1. The van der Waals surface area contributed by atoms with Gasteiger partial charge in [-0.15, -0.1) is 11.3 Å². The molecule has 32 heavy (non-hydrogen) atoms. The van der Waals surface area contributed by atoms with E-state index in [9.17, 15) is 4.79 Å². The van der Waals surface area contributed by atoms with Crippen molar-refractivity contribution in [3.05, 3.63) is 75.5 Å². The minimum atomic E-state index is -0.284. The molecule has 5 nitrogen and oxygen atoms in total. The van der Waals surface area contributed by atoms with Crippen LogP contribution in [-0.2, 0) is 4.74 Å². The maximum atomic E-state index is 12.6. The molecular weight excluding hydrogens is 422 g/mol. The van der Waals surface area contributed by atoms with Crippen LogP contribution in [0.4, 0.5) is 5.69 Å². The highest BCUT2D eigenvalue weighted by atomic mass is 32.1. The van der Waals surface area contributed by atoms with Gasteiger partial charge in [0.1, 0.15) is 17.6 Å². The average molecular weight is 450 g/mol. The van der Waals surface area contributed by atoms with Gasteiger partial charge in [0.2, 0.25) is 0 Å². The van der Waals surface area contributed by atoms with Gasteiger partial charge in [0.05, 0.1) is 25.2 Å². The van der Waals surface area contributed by atoms with Crippen LogP contribution in [0.5, 0.6) is 11.5 Å². The molecule has 5 rings (SSSR count). The molecule has 0 radical (unpaired) electrons. The van der Waals surface area contributed by atoms with E-state index in [1.54, 1.807) is 14.2 Å². The van der Waals surface area contributed by atoms with Gasteiger partial charge in [-0.05, 0) is 54.1 Å². The molecule has 3 aromatic rings. The van der Waals surface area contributed by atoms with Crippen LogP contribution >= 0.6 is 11.3 Å². The van der Waals surface area contributed by atoms with Crippen molar-refractivity contribution >= 4 is 22.9 Å². The molecule has 0 spiro atoms. The normalized spacial score (nSPS) is 21.9. The molecule has 6 heteroatoms. The lowest BCUT2D eigenvalue weighted by Crippen LogP contribution is -2.34. The lowest BCUT2D eigenvalue weighted by Gasteiger charge is -2.42. The zero-order valence-corrected chi connectivity index (χ0v) is 19.1. The number of ether oxygens (including phenoxy) is 3. The topological polar surface area (TPSA) is 56.8 Å². The Balaban J connectivity index is 1.56. The maximum Gasteiger partial charge on any atom is 0.265 e. The summed E-state index contributed by atoms with van der Waals surface area (Å²) in [4.78, 5) is 13.3. The number of rotatable bonds is 5. The van der Waals surface area contributed by atoms with Gasteiger partial charge in [-0.3, -0.25) is 4.79 Å². The summed E-state index contributed by atoms with van der Waals surface area (Å²) in [6, 6.07) is 15.6. The monoisotopic (exact) mass is 449 g/mol. The Morgan fingerprint density at radius 2 is 1.78 bits per heavy atom. The third-order valence-corrected chi connectivity index (χ3v) is 7.35. The lowest BCUT2D eigenvalue weighted by molar-refractivity contribution is -0.0406. The van der Waals surface area contributed by atoms with E-state index in [0.29, 0.717) is 10.8 Å². The van der Waals surface area contributed by atoms with E-state index in [4.69, 9.17) is 14.2 Å². The first kappa shape index (κ1) is 21.0. The predicted octanol–water partition coefficient (Wildman–Crippen LogP) is 6.16. The molecule has 0 saturated heterocycles. The third-order valence-electron chi connectivity index (χ3n) is 6.49. The number of fused-ring (bicyclic) bond motifs is 3. The first-order valence-electron chi connectivity index (χ1n) is 11.0. The molecule has 166 valence electrons. The number of hydrogen-bond donors (Lipinski definition) is 1. The molecule has 1 saturated carbocycles. The van der Waals surface area contributed by atoms with Gasteiger partial charge in [0, 0.05) is 22.7 Å². The highest BCUT2D eigenvalue weighted by Gasteiger charge is 2.41. The van der Waals surface area contributed by atoms with E-state index in [-0.39, 0.29) is 18.1 Å². The second kappa shape index (κ2) is 8.96. The quantitative estimate of drug-likeness (QED) is 0.507. The molecule has 1 aliphatic heterocycles. The zero-order valence-electron chi connectivity index (χ0n) is 18.3. The Labute approximate surface area is 192 Å². The summed E-state index contributed by atoms with van der Waals surface area (Å²) in [5, 5.41) is 4.92. The summed E-state index contributed by atoms with van der Waals surface area (Å²) in [5.41, 5.74) is 3.99. The van der Waals surface area contributed by atoms with Gasteiger partial charge in [-0.25, -0.2) is 0 Å². The Hall–Kier alpha value is -2.83. The Kier molecular flexibility index (Phi) is 5.89. The average Bonchev–Trinajstić information content (AvgIpc) is 3.38. The van der Waals surface area contributed by atoms with E-state index in [2.05, 4.69) is 11.4 Å². The maximum absolute atomic E-state index is 12.6. The van der Waals surface area contributed by atoms with Crippen LogP contribution in [0.25, 0.3) is 0 Å². The van der Waals surface area contributed by atoms with Crippen LogP contribution in [0.3, 0.4) is 0 Å². The number of thiophene rings is 1. The first-order valence-corrected chi connectivity index (χ1v) is 11.9. The van der Waals surface area contributed by atoms with Crippen LogP contribution in [0, 0.1) is 0 Å². The summed E-state index contributed by atoms with van der Waals surface area (Å²) >= 11 is 1.43. The van der Waals surface area contributed by atoms with E-state index < -0.39 is 0 Å². The Bertz CT molecular complexity index is 1110. The molecule has 0 bridgehead atoms. The fourth-order valence-electron chi connectivity index (χ4n) is 5.06. The third kappa shape index (κ3) is 3.78. The van der Waals surface area contributed by atoms with E-state index in [0.717, 1.165) is 41.2 Å². The van der Waals surface area contributed by atoms with Crippen molar-refractivity contribution in [1.82, 2.24) is 0 Å². The summed E-state index contributed by atoms with van der Waals surface area (Å²) < 4.78 is 18.3. The van der Waals surface area contributed by atoms with Crippen LogP contribution in [-0.4, -0.2) is 26.2 Å². The lowest BCUT2D eigenvalue weighted by atomic mass is 9.75. The fourth-order valence-corrected chi connectivity index (χ4v) is 5.68. The van der Waals surface area contributed by atoms with Crippen molar-refractivity contribution < 1.29 is 19.0 Å². The molecule has 1 aromatic heterocycles. The van der Waals surface area contributed by atoms with Crippen molar-refractivity contribution in [2.24, 2.45) is 0 Å². The van der Waals surface area contributed by atoms with E-state index >= 15 is 0 Å². The molecule has 0 unspecified atom stereocenters. The van der Waals surface area contributed by atoms with Gasteiger partial charge >= 0.3 is 0 Å². The van der Waals surface area contributed by atoms with Crippen molar-refractivity contribution in [1.29, 1.82) is 0 Å². The molecule has 1 amide bonds. The van der Waals surface area contributed by atoms with Gasteiger partial charge in [0.25, 0.3) is 5.91 Å². The largest absolute Gasteiger partial charge is 0.496 e. The number of amides is 1. The Morgan fingerprint density at radius 3 is 2.53 bits per heavy atom. The smallest absolute Gasteiger partial charge is 0.265 e. The summed E-state index contributed by atoms with van der Waals surface area (Å²) in [7, 11) is 3.43. The molecule has 1 N–H and O–H groups in total. The molecule has 3 atom stereocenters. The summed E-state index contributed by atoms with van der Waals surface area (Å²) in [6.45, 7) is 0. The summed E-state index contributed by atoms with van der Waals surface area (Å²) in [5.74, 6) is 1.91. The highest BCUT2D eigenvalue weighted by Crippen LogP contribution is 2.53. The first-order chi connectivity index (χ1) is 15.7. The molecule has 2 aliphatic rings. The molecule has 1 fully saturated rings. The second-order valence-corrected chi connectivity index (χ2v) is 9.25. The number of benzene rings is 2. The van der Waals surface area contributed by atoms with Gasteiger partial charge in [-0.1, -0.05) is 31.0 Å². The second-order valence-electron chi connectivity index (χ2n) is 8.30. The Morgan fingerprint density at radius 1 is 1.00 bits per heavy atom. The predicted molar refractivity (Wildman–Crippen MR) is 126 cm³/mol. The number of nitrogens with one attached hydrogen (secondary N) is 1. The van der Waals surface area contributed by atoms with Gasteiger partial charge in [-0.2, -0.15) is 0 Å². The molecule has 2 aromatic carbocycles. The van der Waals surface area contributed by atoms with Crippen molar-refractivity contribution in [2.75, 3.05) is 19.5 Å². The van der Waals surface area contributed by atoms with Crippen LogP contribution in [0.15, 0.2) is 53.9 Å². The minimum absolute atomic E-state index is 0.103. The standard InChI is InChI=1S/C26H27NO4S/c1-29-20-12-13-21(30-2)24-23(20)18-9-3-4-10-19(18)31-25(24)16-7-5-8-17(15-16)27-26(28)22-11-6-14-32-22/h5-8,11-15,18-19,25H,3-4,9-10H2,1-2H3,(H,27,28)/t18-,19+,25-/m1/s1. The van der Waals surface area contributed by atoms with Crippen LogP contribution in [0.1, 0.15) is 64.1 Å². The highest BCUT2D eigenvalue weighted by molar-refractivity contribution is 7.12. The molecule has 1 aliphatic carbocycles.